The number of hydrogen-bond acceptors (Lipinski definition) is 5. The molecule has 1 N–H and O–H groups in total. The van der Waals surface area contributed by atoms with Gasteiger partial charge in [0.15, 0.2) is 0 Å². The predicted molar refractivity (Wildman–Crippen MR) is 110 cm³/mol. The van der Waals surface area contributed by atoms with Crippen LogP contribution in [-0.4, -0.2) is 43.8 Å². The van der Waals surface area contributed by atoms with Crippen molar-refractivity contribution in [2.75, 3.05) is 25.5 Å². The van der Waals surface area contributed by atoms with Crippen LogP contribution < -0.4 is 10.1 Å². The Kier molecular flexibility index (Phi) is 6.59. The van der Waals surface area contributed by atoms with Gasteiger partial charge >= 0.3 is 0 Å². The first-order chi connectivity index (χ1) is 13.3. The molecule has 0 spiro atoms. The lowest BCUT2D eigenvalue weighted by Gasteiger charge is -2.30. The molecule has 10 heteroatoms. The average Bonchev–Trinajstić information content (AvgIpc) is 2.70. The summed E-state index contributed by atoms with van der Waals surface area (Å²) in [4.78, 5) is 16.4. The van der Waals surface area contributed by atoms with Gasteiger partial charge in [-0.15, -0.1) is 0 Å². The summed E-state index contributed by atoms with van der Waals surface area (Å²) in [6.07, 6.45) is 2.27. The molecule has 7 nitrogen and oxygen atoms in total. The minimum absolute atomic E-state index is 0.0412. The third-order valence-electron chi connectivity index (χ3n) is 4.58. The van der Waals surface area contributed by atoms with Gasteiger partial charge in [0.2, 0.25) is 15.9 Å². The Labute approximate surface area is 177 Å². The van der Waals surface area contributed by atoms with Crippen molar-refractivity contribution in [3.63, 3.8) is 0 Å². The van der Waals surface area contributed by atoms with Crippen molar-refractivity contribution in [3.05, 3.63) is 46.2 Å². The van der Waals surface area contributed by atoms with Crippen molar-refractivity contribution in [1.29, 1.82) is 0 Å². The number of nitrogens with zero attached hydrogens (tertiary/aromatic N) is 2. The number of carbonyl (C=O) groups excluding carboxylic acids is 1. The SMILES string of the molecule is COc1ccccc1NC(=O)C1CCN(S(=O)(=O)c2cc(Br)cnc2Cl)CC1. The van der Waals surface area contributed by atoms with Crippen LogP contribution in [0.2, 0.25) is 5.15 Å². The highest BCUT2D eigenvalue weighted by Gasteiger charge is 2.33. The second-order valence-electron chi connectivity index (χ2n) is 6.31. The van der Waals surface area contributed by atoms with Gasteiger partial charge < -0.3 is 10.1 Å². The number of benzene rings is 1. The monoisotopic (exact) mass is 487 g/mol. The highest BCUT2D eigenvalue weighted by atomic mass is 79.9. The Balaban J connectivity index is 1.67. The summed E-state index contributed by atoms with van der Waals surface area (Å²) in [6.45, 7) is 0.463. The molecular formula is C18H19BrClN3O4S. The maximum atomic E-state index is 12.9. The standard InChI is InChI=1S/C18H19BrClN3O4S/c1-27-15-5-3-2-4-14(15)22-18(24)12-6-8-23(9-7-12)28(25,26)16-10-13(19)11-21-17(16)20/h2-5,10-12H,6-9H2,1H3,(H,22,24). The molecule has 1 aliphatic heterocycles. The van der Waals surface area contributed by atoms with Gasteiger partial charge in [0.1, 0.15) is 15.8 Å². The largest absolute Gasteiger partial charge is 0.495 e. The number of piperidine rings is 1. The number of methoxy groups -OCH3 is 1. The van der Waals surface area contributed by atoms with Crippen LogP contribution in [0.3, 0.4) is 0 Å². The van der Waals surface area contributed by atoms with Crippen LogP contribution >= 0.6 is 27.5 Å². The zero-order chi connectivity index (χ0) is 20.3. The second kappa shape index (κ2) is 8.77. The van der Waals surface area contributed by atoms with Gasteiger partial charge in [0, 0.05) is 29.7 Å². The fourth-order valence-electron chi connectivity index (χ4n) is 3.07. The second-order valence-corrected chi connectivity index (χ2v) is 9.49. The molecular weight excluding hydrogens is 470 g/mol. The predicted octanol–water partition coefficient (Wildman–Crippen LogP) is 3.55. The molecule has 1 aliphatic rings. The van der Waals surface area contributed by atoms with Gasteiger partial charge in [-0.3, -0.25) is 4.79 Å². The van der Waals surface area contributed by atoms with Crippen LogP contribution in [-0.2, 0) is 14.8 Å². The fourth-order valence-corrected chi connectivity index (χ4v) is 5.45. The third kappa shape index (κ3) is 4.48. The van der Waals surface area contributed by atoms with Crippen molar-refractivity contribution in [1.82, 2.24) is 9.29 Å². The summed E-state index contributed by atoms with van der Waals surface area (Å²) in [5, 5.41) is 2.79. The summed E-state index contributed by atoms with van der Waals surface area (Å²) >= 11 is 9.20. The zero-order valence-electron chi connectivity index (χ0n) is 15.1. The minimum atomic E-state index is -3.78. The van der Waals surface area contributed by atoms with Gasteiger partial charge in [-0.2, -0.15) is 4.31 Å². The van der Waals surface area contributed by atoms with E-state index in [1.54, 1.807) is 12.1 Å². The van der Waals surface area contributed by atoms with Gasteiger partial charge in [-0.1, -0.05) is 23.7 Å². The highest BCUT2D eigenvalue weighted by molar-refractivity contribution is 9.10. The van der Waals surface area contributed by atoms with Gasteiger partial charge in [0.05, 0.1) is 12.8 Å². The number of halogens is 2. The van der Waals surface area contributed by atoms with Crippen molar-refractivity contribution in [3.8, 4) is 5.75 Å². The average molecular weight is 489 g/mol. The van der Waals surface area contributed by atoms with E-state index in [1.807, 2.05) is 12.1 Å². The first-order valence-corrected chi connectivity index (χ1v) is 11.2. The summed E-state index contributed by atoms with van der Waals surface area (Å²) < 4.78 is 32.9. The summed E-state index contributed by atoms with van der Waals surface area (Å²) in [6, 6.07) is 8.59. The van der Waals surface area contributed by atoms with Crippen LogP contribution in [0.1, 0.15) is 12.8 Å². The van der Waals surface area contributed by atoms with E-state index in [9.17, 15) is 13.2 Å². The van der Waals surface area contributed by atoms with Gasteiger partial charge in [-0.25, -0.2) is 13.4 Å². The number of sulfonamides is 1. The highest BCUT2D eigenvalue weighted by Crippen LogP contribution is 2.30. The van der Waals surface area contributed by atoms with Crippen LogP contribution in [0.25, 0.3) is 0 Å². The third-order valence-corrected chi connectivity index (χ3v) is 7.34. The fraction of sp³-hybridized carbons (Fsp3) is 0.333. The van der Waals surface area contributed by atoms with E-state index in [4.69, 9.17) is 16.3 Å². The number of nitrogens with one attached hydrogen (secondary N) is 1. The van der Waals surface area contributed by atoms with E-state index >= 15 is 0 Å². The molecule has 0 bridgehead atoms. The molecule has 3 rings (SSSR count). The molecule has 0 unspecified atom stereocenters. The molecule has 0 saturated carbocycles. The number of para-hydroxylation sites is 2. The maximum absolute atomic E-state index is 12.9. The van der Waals surface area contributed by atoms with E-state index in [-0.39, 0.29) is 35.0 Å². The molecule has 1 amide bonds. The van der Waals surface area contributed by atoms with Gasteiger partial charge in [-0.05, 0) is 47.0 Å². The number of carbonyl (C=O) groups is 1. The molecule has 1 aromatic heterocycles. The topological polar surface area (TPSA) is 88.6 Å². The molecule has 150 valence electrons. The molecule has 0 atom stereocenters. The van der Waals surface area contributed by atoms with Gasteiger partial charge in [0.25, 0.3) is 0 Å². The van der Waals surface area contributed by atoms with E-state index in [1.165, 1.54) is 23.7 Å². The molecule has 0 radical (unpaired) electrons. The van der Waals surface area contributed by atoms with Crippen LogP contribution in [0.4, 0.5) is 5.69 Å². The number of amides is 1. The Morgan fingerprint density at radius 2 is 2.00 bits per heavy atom. The maximum Gasteiger partial charge on any atom is 0.246 e. The minimum Gasteiger partial charge on any atom is -0.495 e. The summed E-state index contributed by atoms with van der Waals surface area (Å²) in [5.74, 6) is 0.142. The van der Waals surface area contributed by atoms with E-state index < -0.39 is 10.0 Å². The van der Waals surface area contributed by atoms with Crippen LogP contribution in [0, 0.1) is 5.92 Å². The zero-order valence-corrected chi connectivity index (χ0v) is 18.2. The Bertz CT molecular complexity index is 979. The molecule has 28 heavy (non-hydrogen) atoms. The van der Waals surface area contributed by atoms with Crippen molar-refractivity contribution >= 4 is 49.1 Å². The lowest BCUT2D eigenvalue weighted by atomic mass is 9.97. The van der Waals surface area contributed by atoms with Crippen molar-refractivity contribution < 1.29 is 17.9 Å². The molecule has 1 fully saturated rings. The van der Waals surface area contributed by atoms with Crippen LogP contribution in [0.15, 0.2) is 45.9 Å². The number of rotatable bonds is 5. The van der Waals surface area contributed by atoms with E-state index in [2.05, 4.69) is 26.2 Å². The van der Waals surface area contributed by atoms with E-state index in [0.29, 0.717) is 28.8 Å². The van der Waals surface area contributed by atoms with Crippen molar-refractivity contribution in [2.24, 2.45) is 5.92 Å². The molecule has 1 saturated heterocycles. The molecule has 2 heterocycles. The first kappa shape index (κ1) is 21.0. The smallest absolute Gasteiger partial charge is 0.246 e. The summed E-state index contributed by atoms with van der Waals surface area (Å²) in [7, 11) is -2.24. The Morgan fingerprint density at radius 3 is 2.68 bits per heavy atom. The quantitative estimate of drug-likeness (QED) is 0.650. The number of aromatic nitrogens is 1. The van der Waals surface area contributed by atoms with E-state index in [0.717, 1.165) is 0 Å². The lowest BCUT2D eigenvalue weighted by molar-refractivity contribution is -0.120. The van der Waals surface area contributed by atoms with Crippen molar-refractivity contribution in [2.45, 2.75) is 17.7 Å². The normalized spacial score (nSPS) is 16.0. The lowest BCUT2D eigenvalue weighted by Crippen LogP contribution is -2.41. The molecule has 0 aliphatic carbocycles. The number of pyridine rings is 1. The number of hydrogen-bond donors (Lipinski definition) is 1. The number of anilines is 1. The Morgan fingerprint density at radius 1 is 1.32 bits per heavy atom. The Hall–Kier alpha value is -1.68. The molecule has 1 aromatic carbocycles. The number of ether oxygens (including phenoxy) is 1. The first-order valence-electron chi connectivity index (χ1n) is 8.58. The van der Waals surface area contributed by atoms with Crippen LogP contribution in [0.5, 0.6) is 5.75 Å². The summed E-state index contributed by atoms with van der Waals surface area (Å²) in [5.41, 5.74) is 0.594. The molecule has 2 aromatic rings.